The van der Waals surface area contributed by atoms with Crippen LogP contribution in [-0.2, 0) is 4.79 Å². The van der Waals surface area contributed by atoms with Crippen molar-refractivity contribution in [1.82, 2.24) is 15.0 Å². The monoisotopic (exact) mass is 192 g/mol. The van der Waals surface area contributed by atoms with Crippen molar-refractivity contribution in [3.05, 3.63) is 28.3 Å². The number of fused-ring (bicyclic) bond motifs is 1. The molecule has 0 fully saturated rings. The first-order valence-electron chi connectivity index (χ1n) is 3.67. The lowest BCUT2D eigenvalue weighted by atomic mass is 10.3. The third-order valence-corrected chi connectivity index (χ3v) is 1.77. The third-order valence-electron chi connectivity index (χ3n) is 1.77. The van der Waals surface area contributed by atoms with Gasteiger partial charge < -0.3 is 0 Å². The molecule has 14 heavy (non-hydrogen) atoms. The van der Waals surface area contributed by atoms with E-state index in [-0.39, 0.29) is 5.69 Å². The number of nitro groups is 1. The van der Waals surface area contributed by atoms with Crippen LogP contribution in [-0.4, -0.2) is 26.3 Å². The van der Waals surface area contributed by atoms with E-state index < -0.39 is 4.92 Å². The highest BCUT2D eigenvalue weighted by atomic mass is 16.6. The fourth-order valence-electron chi connectivity index (χ4n) is 1.12. The summed E-state index contributed by atoms with van der Waals surface area (Å²) in [5.74, 6) is 0. The molecule has 2 rings (SSSR count). The number of hydrogen-bond donors (Lipinski definition) is 0. The molecular formula is C7H4N4O3. The molecule has 0 atom stereocenters. The van der Waals surface area contributed by atoms with Crippen molar-refractivity contribution in [1.29, 1.82) is 0 Å². The Morgan fingerprint density at radius 3 is 2.93 bits per heavy atom. The van der Waals surface area contributed by atoms with Crippen LogP contribution in [0, 0.1) is 10.1 Å². The zero-order valence-electron chi connectivity index (χ0n) is 6.82. The van der Waals surface area contributed by atoms with Crippen LogP contribution in [0.25, 0.3) is 11.0 Å². The molecule has 70 valence electrons. The maximum atomic E-state index is 10.4. The molecule has 1 heterocycles. The van der Waals surface area contributed by atoms with Crippen LogP contribution in [0.2, 0.25) is 0 Å². The van der Waals surface area contributed by atoms with Gasteiger partial charge in [0.05, 0.1) is 10.4 Å². The number of nitrogens with zero attached hydrogens (tertiary/aromatic N) is 4. The van der Waals surface area contributed by atoms with Crippen LogP contribution in [0.5, 0.6) is 0 Å². The van der Waals surface area contributed by atoms with E-state index in [0.29, 0.717) is 17.4 Å². The van der Waals surface area contributed by atoms with Crippen molar-refractivity contribution < 1.29 is 9.72 Å². The van der Waals surface area contributed by atoms with Gasteiger partial charge in [-0.3, -0.25) is 14.9 Å². The Bertz CT molecular complexity index is 519. The molecule has 7 nitrogen and oxygen atoms in total. The van der Waals surface area contributed by atoms with Gasteiger partial charge in [-0.15, -0.1) is 5.10 Å². The molecule has 0 aliphatic rings. The van der Waals surface area contributed by atoms with E-state index in [1.54, 1.807) is 0 Å². The molecule has 0 radical (unpaired) electrons. The lowest BCUT2D eigenvalue weighted by Gasteiger charge is -1.90. The summed E-state index contributed by atoms with van der Waals surface area (Å²) in [5.41, 5.74) is 0.701. The smallest absolute Gasteiger partial charge is 0.271 e. The summed E-state index contributed by atoms with van der Waals surface area (Å²) in [6.07, 6.45) is 0.487. The Morgan fingerprint density at radius 2 is 2.29 bits per heavy atom. The number of carbonyl (C=O) groups is 1. The highest BCUT2D eigenvalue weighted by Crippen LogP contribution is 2.17. The lowest BCUT2D eigenvalue weighted by Crippen LogP contribution is -1.96. The normalized spacial score (nSPS) is 10.3. The van der Waals surface area contributed by atoms with E-state index in [9.17, 15) is 14.9 Å². The number of carbonyl (C=O) groups excluding carboxylic acids is 1. The predicted octanol–water partition coefficient (Wildman–Crippen LogP) is 0.378. The van der Waals surface area contributed by atoms with Gasteiger partial charge >= 0.3 is 0 Å². The molecule has 0 spiro atoms. The summed E-state index contributed by atoms with van der Waals surface area (Å²) in [6.45, 7) is 0. The van der Waals surface area contributed by atoms with Gasteiger partial charge in [0.1, 0.15) is 5.52 Å². The van der Waals surface area contributed by atoms with Crippen molar-refractivity contribution in [2.75, 3.05) is 0 Å². The van der Waals surface area contributed by atoms with E-state index in [2.05, 4.69) is 10.3 Å². The number of non-ortho nitro benzene ring substituents is 1. The quantitative estimate of drug-likeness (QED) is 0.389. The van der Waals surface area contributed by atoms with Crippen molar-refractivity contribution in [2.45, 2.75) is 0 Å². The average molecular weight is 192 g/mol. The molecule has 1 aromatic carbocycles. The van der Waals surface area contributed by atoms with Gasteiger partial charge in [0.25, 0.3) is 5.69 Å². The summed E-state index contributed by atoms with van der Waals surface area (Å²) in [5, 5.41) is 17.5. The molecule has 2 aromatic rings. The second-order valence-electron chi connectivity index (χ2n) is 2.57. The standard InChI is InChI=1S/C7H4N4O3/c12-4-10-7-2-1-5(11(13)14)3-6(7)8-9-10/h1-4H. The first kappa shape index (κ1) is 8.30. The van der Waals surface area contributed by atoms with Crippen LogP contribution in [0.1, 0.15) is 0 Å². The minimum Gasteiger partial charge on any atom is -0.276 e. The molecule has 0 saturated carbocycles. The van der Waals surface area contributed by atoms with Gasteiger partial charge in [-0.25, -0.2) is 0 Å². The third kappa shape index (κ3) is 1.11. The van der Waals surface area contributed by atoms with E-state index >= 15 is 0 Å². The van der Waals surface area contributed by atoms with Crippen molar-refractivity contribution in [3.63, 3.8) is 0 Å². The minimum atomic E-state index is -0.528. The molecule has 0 amide bonds. The Kier molecular flexibility index (Phi) is 1.70. The lowest BCUT2D eigenvalue weighted by molar-refractivity contribution is -0.384. The van der Waals surface area contributed by atoms with Crippen LogP contribution in [0.15, 0.2) is 18.2 Å². The Morgan fingerprint density at radius 1 is 1.50 bits per heavy atom. The fraction of sp³-hybridized carbons (Fsp3) is 0. The highest BCUT2D eigenvalue weighted by Gasteiger charge is 2.10. The Balaban J connectivity index is 2.68. The average Bonchev–Trinajstić information content (AvgIpc) is 2.59. The summed E-state index contributed by atoms with van der Waals surface area (Å²) >= 11 is 0. The number of hydrogen-bond acceptors (Lipinski definition) is 5. The molecular weight excluding hydrogens is 188 g/mol. The number of benzene rings is 1. The van der Waals surface area contributed by atoms with Crippen LogP contribution < -0.4 is 0 Å². The van der Waals surface area contributed by atoms with Crippen molar-refractivity contribution in [2.24, 2.45) is 0 Å². The van der Waals surface area contributed by atoms with Gasteiger partial charge in [-0.05, 0) is 6.07 Å². The van der Waals surface area contributed by atoms with Gasteiger partial charge in [-0.1, -0.05) is 5.21 Å². The minimum absolute atomic E-state index is 0.0737. The zero-order valence-corrected chi connectivity index (χ0v) is 6.82. The van der Waals surface area contributed by atoms with Crippen LogP contribution >= 0.6 is 0 Å². The molecule has 0 N–H and O–H groups in total. The largest absolute Gasteiger partial charge is 0.276 e. The summed E-state index contributed by atoms with van der Waals surface area (Å²) in [4.78, 5) is 20.3. The summed E-state index contributed by atoms with van der Waals surface area (Å²) in [6, 6.07) is 4.00. The first-order chi connectivity index (χ1) is 6.72. The van der Waals surface area contributed by atoms with Gasteiger partial charge in [0.15, 0.2) is 0 Å². The maximum absolute atomic E-state index is 10.4. The van der Waals surface area contributed by atoms with Gasteiger partial charge in [-0.2, -0.15) is 4.68 Å². The first-order valence-corrected chi connectivity index (χ1v) is 3.67. The molecule has 7 heteroatoms. The van der Waals surface area contributed by atoms with Crippen molar-refractivity contribution in [3.8, 4) is 0 Å². The topological polar surface area (TPSA) is 90.9 Å². The summed E-state index contributed by atoms with van der Waals surface area (Å²) < 4.78 is 1.01. The molecule has 1 aromatic heterocycles. The summed E-state index contributed by atoms with van der Waals surface area (Å²) in [7, 11) is 0. The molecule has 0 aliphatic heterocycles. The number of rotatable bonds is 2. The number of nitro benzene ring substituents is 1. The predicted molar refractivity (Wildman–Crippen MR) is 46.3 cm³/mol. The second-order valence-corrected chi connectivity index (χ2v) is 2.57. The van der Waals surface area contributed by atoms with E-state index in [0.717, 1.165) is 4.68 Å². The SMILES string of the molecule is O=Cn1nnc2cc([N+](=O)[O-])ccc21. The van der Waals surface area contributed by atoms with Crippen LogP contribution in [0.3, 0.4) is 0 Å². The molecule has 0 saturated heterocycles. The molecule has 0 bridgehead atoms. The van der Waals surface area contributed by atoms with Gasteiger partial charge in [0, 0.05) is 12.1 Å². The fourth-order valence-corrected chi connectivity index (χ4v) is 1.12. The van der Waals surface area contributed by atoms with Crippen molar-refractivity contribution >= 4 is 23.1 Å². The number of aromatic nitrogens is 3. The van der Waals surface area contributed by atoms with Gasteiger partial charge in [0.2, 0.25) is 6.41 Å². The molecule has 0 aliphatic carbocycles. The van der Waals surface area contributed by atoms with Crippen LogP contribution in [0.4, 0.5) is 5.69 Å². The second kappa shape index (κ2) is 2.87. The van der Waals surface area contributed by atoms with E-state index in [1.165, 1.54) is 18.2 Å². The Labute approximate surface area is 77.1 Å². The molecule has 0 unspecified atom stereocenters. The maximum Gasteiger partial charge on any atom is 0.271 e. The highest BCUT2D eigenvalue weighted by molar-refractivity contribution is 5.81. The van der Waals surface area contributed by atoms with E-state index in [4.69, 9.17) is 0 Å². The zero-order chi connectivity index (χ0) is 10.1. The Hall–Kier alpha value is -2.31. The van der Waals surface area contributed by atoms with E-state index in [1.807, 2.05) is 0 Å².